The number of esters is 1. The molecular formula is C23H22FNO6S. The summed E-state index contributed by atoms with van der Waals surface area (Å²) in [6.45, 7) is 3.28. The molecule has 0 N–H and O–H groups in total. The number of amides is 2. The minimum absolute atomic E-state index is 0.0604. The van der Waals surface area contributed by atoms with Crippen molar-refractivity contribution in [2.24, 2.45) is 0 Å². The van der Waals surface area contributed by atoms with E-state index < -0.39 is 17.1 Å². The summed E-state index contributed by atoms with van der Waals surface area (Å²) in [6, 6.07) is 10.5. The zero-order chi connectivity index (χ0) is 23.3. The van der Waals surface area contributed by atoms with Crippen LogP contribution in [0.5, 0.6) is 11.5 Å². The van der Waals surface area contributed by atoms with Crippen LogP contribution in [0.25, 0.3) is 6.08 Å². The fourth-order valence-corrected chi connectivity index (χ4v) is 3.73. The van der Waals surface area contributed by atoms with Gasteiger partial charge in [0, 0.05) is 0 Å². The van der Waals surface area contributed by atoms with Gasteiger partial charge >= 0.3 is 5.97 Å². The number of hydrogen-bond donors (Lipinski definition) is 0. The summed E-state index contributed by atoms with van der Waals surface area (Å²) >= 11 is 0.828. The summed E-state index contributed by atoms with van der Waals surface area (Å²) in [5, 5.41) is -0.402. The first-order valence-electron chi connectivity index (χ1n) is 9.77. The van der Waals surface area contributed by atoms with E-state index in [-0.39, 0.29) is 30.0 Å². The standard InChI is InChI=1S/C23H22FNO6S/c1-14(2)31-21(26)13-30-18-9-6-16(10-19(18)29-3)11-20-22(27)25(23(28)32-20)12-15-4-7-17(24)8-5-15/h4-11,14H,12-13H2,1-3H3/b20-11-. The zero-order valence-corrected chi connectivity index (χ0v) is 18.6. The van der Waals surface area contributed by atoms with Crippen LogP contribution >= 0.6 is 11.8 Å². The molecule has 0 unspecified atom stereocenters. The van der Waals surface area contributed by atoms with Crippen molar-refractivity contribution in [3.63, 3.8) is 0 Å². The van der Waals surface area contributed by atoms with Crippen LogP contribution in [-0.2, 0) is 20.9 Å². The molecule has 2 aromatic carbocycles. The molecule has 168 valence electrons. The molecule has 0 saturated carbocycles. The van der Waals surface area contributed by atoms with Crippen molar-refractivity contribution in [1.29, 1.82) is 0 Å². The number of ether oxygens (including phenoxy) is 3. The Bertz CT molecular complexity index is 1050. The first kappa shape index (κ1) is 23.3. The predicted octanol–water partition coefficient (Wildman–Crippen LogP) is 4.40. The van der Waals surface area contributed by atoms with Gasteiger partial charge < -0.3 is 14.2 Å². The third-order valence-electron chi connectivity index (χ3n) is 4.33. The molecule has 1 fully saturated rings. The van der Waals surface area contributed by atoms with Crippen LogP contribution < -0.4 is 9.47 Å². The molecule has 0 atom stereocenters. The van der Waals surface area contributed by atoms with Crippen LogP contribution in [0, 0.1) is 5.82 Å². The Morgan fingerprint density at radius 2 is 1.84 bits per heavy atom. The second-order valence-corrected chi connectivity index (χ2v) is 8.13. The minimum Gasteiger partial charge on any atom is -0.493 e. The highest BCUT2D eigenvalue weighted by Crippen LogP contribution is 2.35. The van der Waals surface area contributed by atoms with E-state index in [0.717, 1.165) is 16.7 Å². The van der Waals surface area contributed by atoms with Gasteiger partial charge in [-0.25, -0.2) is 9.18 Å². The fourth-order valence-electron chi connectivity index (χ4n) is 2.89. The molecule has 0 spiro atoms. The molecule has 1 aliphatic rings. The van der Waals surface area contributed by atoms with E-state index >= 15 is 0 Å². The van der Waals surface area contributed by atoms with Gasteiger partial charge in [-0.1, -0.05) is 18.2 Å². The highest BCUT2D eigenvalue weighted by atomic mass is 32.2. The van der Waals surface area contributed by atoms with Crippen LogP contribution in [0.4, 0.5) is 9.18 Å². The van der Waals surface area contributed by atoms with Crippen LogP contribution in [0.2, 0.25) is 0 Å². The number of methoxy groups -OCH3 is 1. The predicted molar refractivity (Wildman–Crippen MR) is 118 cm³/mol. The largest absolute Gasteiger partial charge is 0.493 e. The van der Waals surface area contributed by atoms with Crippen LogP contribution in [-0.4, -0.2) is 41.8 Å². The number of carbonyl (C=O) groups is 3. The fraction of sp³-hybridized carbons (Fsp3) is 0.261. The van der Waals surface area contributed by atoms with Crippen molar-refractivity contribution < 1.29 is 33.0 Å². The molecule has 0 aromatic heterocycles. The van der Waals surface area contributed by atoms with Crippen LogP contribution in [0.15, 0.2) is 47.4 Å². The maximum Gasteiger partial charge on any atom is 0.344 e. The van der Waals surface area contributed by atoms with Crippen molar-refractivity contribution in [3.05, 3.63) is 64.3 Å². The number of rotatable bonds is 8. The van der Waals surface area contributed by atoms with E-state index in [1.807, 2.05) is 0 Å². The normalized spacial score (nSPS) is 14.9. The Morgan fingerprint density at radius 3 is 2.50 bits per heavy atom. The molecule has 32 heavy (non-hydrogen) atoms. The average Bonchev–Trinajstić information content (AvgIpc) is 3.01. The molecule has 2 amide bonds. The molecule has 3 rings (SSSR count). The summed E-state index contributed by atoms with van der Waals surface area (Å²) in [5.74, 6) is -0.613. The van der Waals surface area contributed by atoms with Gasteiger partial charge in [0.15, 0.2) is 18.1 Å². The van der Waals surface area contributed by atoms with E-state index in [1.165, 1.54) is 31.4 Å². The Hall–Kier alpha value is -3.33. The third kappa shape index (κ3) is 5.88. The van der Waals surface area contributed by atoms with Gasteiger partial charge in [0.1, 0.15) is 5.82 Å². The maximum atomic E-state index is 13.1. The first-order chi connectivity index (χ1) is 15.3. The highest BCUT2D eigenvalue weighted by Gasteiger charge is 2.35. The summed E-state index contributed by atoms with van der Waals surface area (Å²) in [5.41, 5.74) is 1.26. The van der Waals surface area contributed by atoms with E-state index in [2.05, 4.69) is 0 Å². The molecular weight excluding hydrogens is 437 g/mol. The molecule has 2 aromatic rings. The monoisotopic (exact) mass is 459 g/mol. The number of imide groups is 1. The lowest BCUT2D eigenvalue weighted by Crippen LogP contribution is -2.27. The van der Waals surface area contributed by atoms with Gasteiger partial charge in [-0.15, -0.1) is 0 Å². The summed E-state index contributed by atoms with van der Waals surface area (Å²) in [4.78, 5) is 38.1. The lowest BCUT2D eigenvalue weighted by Gasteiger charge is -2.13. The van der Waals surface area contributed by atoms with E-state index in [0.29, 0.717) is 22.6 Å². The van der Waals surface area contributed by atoms with Gasteiger partial charge in [0.25, 0.3) is 11.1 Å². The quantitative estimate of drug-likeness (QED) is 0.427. The molecule has 1 heterocycles. The van der Waals surface area contributed by atoms with Gasteiger partial charge in [0.05, 0.1) is 24.7 Å². The number of hydrogen-bond acceptors (Lipinski definition) is 7. The average molecular weight is 459 g/mol. The number of nitrogens with zero attached hydrogens (tertiary/aromatic N) is 1. The lowest BCUT2D eigenvalue weighted by atomic mass is 10.1. The van der Waals surface area contributed by atoms with Crippen LogP contribution in [0.3, 0.4) is 0 Å². The maximum absolute atomic E-state index is 13.1. The molecule has 0 bridgehead atoms. The summed E-state index contributed by atoms with van der Waals surface area (Å²) < 4.78 is 28.9. The van der Waals surface area contributed by atoms with Gasteiger partial charge in [-0.3, -0.25) is 14.5 Å². The molecule has 1 aliphatic heterocycles. The molecule has 7 nitrogen and oxygen atoms in total. The molecule has 0 aliphatic carbocycles. The Labute approximate surface area is 189 Å². The van der Waals surface area contributed by atoms with E-state index in [1.54, 1.807) is 38.1 Å². The number of halogens is 1. The minimum atomic E-state index is -0.499. The summed E-state index contributed by atoms with van der Waals surface area (Å²) in [6.07, 6.45) is 1.34. The topological polar surface area (TPSA) is 82.1 Å². The number of carbonyl (C=O) groups excluding carboxylic acids is 3. The smallest absolute Gasteiger partial charge is 0.344 e. The van der Waals surface area contributed by atoms with Crippen molar-refractivity contribution >= 4 is 35.0 Å². The van der Waals surface area contributed by atoms with Crippen molar-refractivity contribution in [3.8, 4) is 11.5 Å². The first-order valence-corrected chi connectivity index (χ1v) is 10.6. The second-order valence-electron chi connectivity index (χ2n) is 7.13. The van der Waals surface area contributed by atoms with Crippen molar-refractivity contribution in [2.45, 2.75) is 26.5 Å². The number of thioether (sulfide) groups is 1. The molecule has 1 saturated heterocycles. The van der Waals surface area contributed by atoms with Gasteiger partial charge in [-0.05, 0) is 67.1 Å². The molecule has 9 heteroatoms. The Morgan fingerprint density at radius 1 is 1.12 bits per heavy atom. The van der Waals surface area contributed by atoms with E-state index in [9.17, 15) is 18.8 Å². The lowest BCUT2D eigenvalue weighted by molar-refractivity contribution is -0.149. The third-order valence-corrected chi connectivity index (χ3v) is 5.23. The second kappa shape index (κ2) is 10.3. The Balaban J connectivity index is 1.71. The van der Waals surface area contributed by atoms with Crippen molar-refractivity contribution in [2.75, 3.05) is 13.7 Å². The van der Waals surface area contributed by atoms with Gasteiger partial charge in [-0.2, -0.15) is 0 Å². The zero-order valence-electron chi connectivity index (χ0n) is 17.8. The summed E-state index contributed by atoms with van der Waals surface area (Å²) in [7, 11) is 1.45. The molecule has 0 radical (unpaired) electrons. The highest BCUT2D eigenvalue weighted by molar-refractivity contribution is 8.18. The Kier molecular flexibility index (Phi) is 7.53. The van der Waals surface area contributed by atoms with Crippen LogP contribution in [0.1, 0.15) is 25.0 Å². The van der Waals surface area contributed by atoms with Crippen molar-refractivity contribution in [1.82, 2.24) is 4.90 Å². The van der Waals surface area contributed by atoms with Gasteiger partial charge in [0.2, 0.25) is 0 Å². The van der Waals surface area contributed by atoms with E-state index in [4.69, 9.17) is 14.2 Å². The number of benzene rings is 2. The SMILES string of the molecule is COc1cc(/C=C2\SC(=O)N(Cc3ccc(F)cc3)C2=O)ccc1OCC(=O)OC(C)C.